The Morgan fingerprint density at radius 3 is 2.41 bits per heavy atom. The van der Waals surface area contributed by atoms with Crippen LogP contribution in [0.3, 0.4) is 0 Å². The molecule has 0 aromatic heterocycles. The molecule has 0 aliphatic carbocycles. The largest absolute Gasteiger partial charge is 0.339 e. The van der Waals surface area contributed by atoms with Crippen LogP contribution in [0.1, 0.15) is 18.4 Å². The molecular weight excluding hydrogens is 219 g/mol. The molecule has 88 valence electrons. The zero-order chi connectivity index (χ0) is 12.3. The van der Waals surface area contributed by atoms with Gasteiger partial charge in [-0.1, -0.05) is 30.3 Å². The van der Waals surface area contributed by atoms with Crippen LogP contribution in [0.15, 0.2) is 30.3 Å². The summed E-state index contributed by atoms with van der Waals surface area (Å²) >= 11 is 0. The molecule has 0 N–H and O–H groups in total. The van der Waals surface area contributed by atoms with Crippen LogP contribution in [0.25, 0.3) is 0 Å². The Hall–Kier alpha value is -1.89. The van der Waals surface area contributed by atoms with Gasteiger partial charge < -0.3 is 4.90 Å². The molecule has 1 saturated heterocycles. The minimum atomic E-state index is -2.55. The standard InChI is InChI=1S/C13H13FN2O/c14-13(10-15,11-6-2-1-3-7-11)12(17)16-8-4-5-9-16/h1-3,6-7H,4-5,8-9H2. The van der Waals surface area contributed by atoms with Gasteiger partial charge in [0.05, 0.1) is 0 Å². The van der Waals surface area contributed by atoms with E-state index in [1.807, 2.05) is 0 Å². The summed E-state index contributed by atoms with van der Waals surface area (Å²) in [7, 11) is 0. The highest BCUT2D eigenvalue weighted by molar-refractivity contribution is 5.89. The van der Waals surface area contributed by atoms with Crippen molar-refractivity contribution in [2.24, 2.45) is 0 Å². The minimum Gasteiger partial charge on any atom is -0.339 e. The summed E-state index contributed by atoms with van der Waals surface area (Å²) in [5.74, 6) is -0.733. The maximum absolute atomic E-state index is 14.5. The van der Waals surface area contributed by atoms with Gasteiger partial charge in [0.2, 0.25) is 0 Å². The molecule has 1 aliphatic heterocycles. The normalized spacial score (nSPS) is 18.5. The van der Waals surface area contributed by atoms with E-state index in [9.17, 15) is 9.18 Å². The van der Waals surface area contributed by atoms with Crippen LogP contribution < -0.4 is 0 Å². The molecule has 1 fully saturated rings. The highest BCUT2D eigenvalue weighted by atomic mass is 19.1. The third-order valence-electron chi connectivity index (χ3n) is 3.01. The van der Waals surface area contributed by atoms with Crippen molar-refractivity contribution < 1.29 is 9.18 Å². The second-order valence-corrected chi connectivity index (χ2v) is 4.14. The smallest absolute Gasteiger partial charge is 0.298 e. The molecule has 1 aromatic rings. The average molecular weight is 232 g/mol. The van der Waals surface area contributed by atoms with Crippen molar-refractivity contribution in [3.63, 3.8) is 0 Å². The zero-order valence-corrected chi connectivity index (χ0v) is 9.40. The molecule has 0 bridgehead atoms. The van der Waals surface area contributed by atoms with Crippen LogP contribution in [0, 0.1) is 11.3 Å². The molecule has 1 heterocycles. The van der Waals surface area contributed by atoms with Gasteiger partial charge in [-0.05, 0) is 12.8 Å². The third kappa shape index (κ3) is 2.01. The predicted molar refractivity (Wildman–Crippen MR) is 60.7 cm³/mol. The first kappa shape index (κ1) is 11.6. The molecule has 0 spiro atoms. The molecule has 17 heavy (non-hydrogen) atoms. The Labute approximate surface area is 99.5 Å². The third-order valence-corrected chi connectivity index (χ3v) is 3.01. The maximum Gasteiger partial charge on any atom is 0.298 e. The van der Waals surface area contributed by atoms with E-state index in [1.165, 1.54) is 23.1 Å². The number of alkyl halides is 1. The lowest BCUT2D eigenvalue weighted by Crippen LogP contribution is -2.42. The van der Waals surface area contributed by atoms with Crippen molar-refractivity contribution in [2.45, 2.75) is 18.5 Å². The SMILES string of the molecule is N#CC(F)(C(=O)N1CCCC1)c1ccccc1. The van der Waals surface area contributed by atoms with Gasteiger partial charge in [-0.25, -0.2) is 4.39 Å². The van der Waals surface area contributed by atoms with Crippen LogP contribution in [-0.4, -0.2) is 23.9 Å². The van der Waals surface area contributed by atoms with E-state index in [-0.39, 0.29) is 5.56 Å². The highest BCUT2D eigenvalue weighted by Gasteiger charge is 2.44. The molecule has 2 rings (SSSR count). The predicted octanol–water partition coefficient (Wildman–Crippen LogP) is 2.00. The molecule has 1 atom stereocenters. The quantitative estimate of drug-likeness (QED) is 0.782. The number of halogens is 1. The molecular formula is C13H13FN2O. The van der Waals surface area contributed by atoms with Gasteiger partial charge in [-0.2, -0.15) is 5.26 Å². The lowest BCUT2D eigenvalue weighted by molar-refractivity contribution is -0.139. The van der Waals surface area contributed by atoms with Crippen LogP contribution in [0.4, 0.5) is 4.39 Å². The summed E-state index contributed by atoms with van der Waals surface area (Å²) in [4.78, 5) is 13.5. The zero-order valence-electron chi connectivity index (χ0n) is 9.40. The first-order valence-electron chi connectivity index (χ1n) is 5.63. The number of nitriles is 1. The van der Waals surface area contributed by atoms with Crippen molar-refractivity contribution in [1.29, 1.82) is 5.26 Å². The minimum absolute atomic E-state index is 0.111. The molecule has 1 unspecified atom stereocenters. The summed E-state index contributed by atoms with van der Waals surface area (Å²) < 4.78 is 14.5. The van der Waals surface area contributed by atoms with Crippen molar-refractivity contribution in [1.82, 2.24) is 4.90 Å². The van der Waals surface area contributed by atoms with E-state index in [0.29, 0.717) is 13.1 Å². The topological polar surface area (TPSA) is 44.1 Å². The summed E-state index contributed by atoms with van der Waals surface area (Å²) in [6, 6.07) is 9.42. The van der Waals surface area contributed by atoms with Gasteiger partial charge in [0.15, 0.2) is 0 Å². The van der Waals surface area contributed by atoms with Crippen molar-refractivity contribution in [2.75, 3.05) is 13.1 Å². The molecule has 1 aliphatic rings. The Morgan fingerprint density at radius 1 is 1.29 bits per heavy atom. The van der Waals surface area contributed by atoms with Crippen LogP contribution in [-0.2, 0) is 10.5 Å². The monoisotopic (exact) mass is 232 g/mol. The summed E-state index contributed by atoms with van der Waals surface area (Å²) in [6.07, 6.45) is 1.75. The lowest BCUT2D eigenvalue weighted by atomic mass is 9.96. The number of rotatable bonds is 2. The molecule has 4 heteroatoms. The van der Waals surface area contributed by atoms with Gasteiger partial charge in [0.1, 0.15) is 6.07 Å². The summed E-state index contributed by atoms with van der Waals surface area (Å²) in [5.41, 5.74) is -2.44. The number of likely N-dealkylation sites (tertiary alicyclic amines) is 1. The Morgan fingerprint density at radius 2 is 1.88 bits per heavy atom. The maximum atomic E-state index is 14.5. The Kier molecular flexibility index (Phi) is 3.10. The number of nitrogens with zero attached hydrogens (tertiary/aromatic N) is 2. The first-order chi connectivity index (χ1) is 8.18. The number of hydrogen-bond donors (Lipinski definition) is 0. The van der Waals surface area contributed by atoms with Crippen LogP contribution in [0.2, 0.25) is 0 Å². The van der Waals surface area contributed by atoms with Crippen LogP contribution >= 0.6 is 0 Å². The van der Waals surface area contributed by atoms with Gasteiger partial charge in [-0.15, -0.1) is 0 Å². The fraction of sp³-hybridized carbons (Fsp3) is 0.385. The summed E-state index contributed by atoms with van der Waals surface area (Å²) in [6.45, 7) is 1.08. The molecule has 0 saturated carbocycles. The van der Waals surface area contributed by atoms with E-state index < -0.39 is 11.6 Å². The van der Waals surface area contributed by atoms with E-state index >= 15 is 0 Å². The Balaban J connectivity index is 2.31. The van der Waals surface area contributed by atoms with Crippen molar-refractivity contribution in [3.05, 3.63) is 35.9 Å². The number of hydrogen-bond acceptors (Lipinski definition) is 2. The lowest BCUT2D eigenvalue weighted by Gasteiger charge is -2.23. The summed E-state index contributed by atoms with van der Waals surface area (Å²) in [5, 5.41) is 9.00. The molecule has 1 amide bonds. The average Bonchev–Trinajstić information content (AvgIpc) is 2.92. The van der Waals surface area contributed by atoms with Crippen LogP contribution in [0.5, 0.6) is 0 Å². The van der Waals surface area contributed by atoms with E-state index in [2.05, 4.69) is 0 Å². The molecule has 1 aromatic carbocycles. The van der Waals surface area contributed by atoms with Gasteiger partial charge in [0, 0.05) is 18.7 Å². The van der Waals surface area contributed by atoms with E-state index in [0.717, 1.165) is 12.8 Å². The fourth-order valence-electron chi connectivity index (χ4n) is 2.04. The highest BCUT2D eigenvalue weighted by Crippen LogP contribution is 2.29. The molecule has 0 radical (unpaired) electrons. The number of amides is 1. The second kappa shape index (κ2) is 4.54. The first-order valence-corrected chi connectivity index (χ1v) is 5.63. The van der Waals surface area contributed by atoms with E-state index in [1.54, 1.807) is 18.2 Å². The number of carbonyl (C=O) groups is 1. The van der Waals surface area contributed by atoms with Gasteiger partial charge >= 0.3 is 0 Å². The fourth-order valence-corrected chi connectivity index (χ4v) is 2.04. The number of carbonyl (C=O) groups excluding carboxylic acids is 1. The van der Waals surface area contributed by atoms with Crippen molar-refractivity contribution in [3.8, 4) is 6.07 Å². The van der Waals surface area contributed by atoms with Gasteiger partial charge in [-0.3, -0.25) is 4.79 Å². The van der Waals surface area contributed by atoms with Gasteiger partial charge in [0.25, 0.3) is 11.6 Å². The second-order valence-electron chi connectivity index (χ2n) is 4.14. The Bertz CT molecular complexity index is 448. The number of benzene rings is 1. The van der Waals surface area contributed by atoms with Crippen molar-refractivity contribution >= 4 is 5.91 Å². The molecule has 3 nitrogen and oxygen atoms in total. The van der Waals surface area contributed by atoms with E-state index in [4.69, 9.17) is 5.26 Å².